The highest BCUT2D eigenvalue weighted by Gasteiger charge is 2.19. The molecule has 0 aliphatic carbocycles. The van der Waals surface area contributed by atoms with Crippen molar-refractivity contribution >= 4 is 0 Å². The monoisotopic (exact) mass is 289 g/mol. The maximum absolute atomic E-state index is 13.7. The number of benzene rings is 1. The quantitative estimate of drug-likeness (QED) is 0.942. The lowest BCUT2D eigenvalue weighted by Crippen LogP contribution is -2.34. The molecule has 1 aromatic heterocycles. The van der Waals surface area contributed by atoms with Gasteiger partial charge in [0.15, 0.2) is 0 Å². The lowest BCUT2D eigenvalue weighted by Gasteiger charge is -2.24. The van der Waals surface area contributed by atoms with Crippen molar-refractivity contribution in [3.05, 3.63) is 52.9 Å². The number of imidazole rings is 1. The number of morpholine rings is 1. The van der Waals surface area contributed by atoms with E-state index >= 15 is 0 Å². The summed E-state index contributed by atoms with van der Waals surface area (Å²) < 4.78 is 21.6. The summed E-state index contributed by atoms with van der Waals surface area (Å²) in [5, 5.41) is 3.32. The average Bonchev–Trinajstić information content (AvgIpc) is 2.94. The number of nitrogens with zero attached hydrogens (tertiary/aromatic N) is 2. The van der Waals surface area contributed by atoms with Gasteiger partial charge in [0.2, 0.25) is 0 Å². The van der Waals surface area contributed by atoms with Crippen LogP contribution in [0.2, 0.25) is 0 Å². The van der Waals surface area contributed by atoms with Crippen LogP contribution in [0, 0.1) is 19.7 Å². The van der Waals surface area contributed by atoms with Gasteiger partial charge in [0, 0.05) is 19.6 Å². The van der Waals surface area contributed by atoms with Crippen LogP contribution in [0.3, 0.4) is 0 Å². The highest BCUT2D eigenvalue weighted by Crippen LogP contribution is 2.21. The van der Waals surface area contributed by atoms with Crippen molar-refractivity contribution in [1.29, 1.82) is 0 Å². The van der Waals surface area contributed by atoms with Crippen molar-refractivity contribution < 1.29 is 9.13 Å². The van der Waals surface area contributed by atoms with E-state index in [2.05, 4.69) is 14.9 Å². The maximum atomic E-state index is 13.7. The Morgan fingerprint density at radius 2 is 2.14 bits per heavy atom. The first-order valence-corrected chi connectivity index (χ1v) is 7.23. The smallest absolute Gasteiger partial charge is 0.129 e. The Bertz CT molecular complexity index is 609. The number of aromatic nitrogens is 2. The fraction of sp³-hybridized carbons (Fsp3) is 0.438. The number of halogens is 1. The van der Waals surface area contributed by atoms with E-state index in [1.807, 2.05) is 18.3 Å². The second-order valence-electron chi connectivity index (χ2n) is 5.55. The van der Waals surface area contributed by atoms with E-state index in [0.29, 0.717) is 24.3 Å². The topological polar surface area (TPSA) is 39.1 Å². The Morgan fingerprint density at radius 1 is 1.38 bits per heavy atom. The summed E-state index contributed by atoms with van der Waals surface area (Å²) in [4.78, 5) is 4.24. The summed E-state index contributed by atoms with van der Waals surface area (Å²) in [5.41, 5.74) is 3.50. The van der Waals surface area contributed by atoms with Crippen molar-refractivity contribution in [2.75, 3.05) is 19.7 Å². The number of aryl methyl sites for hydroxylation is 2. The van der Waals surface area contributed by atoms with Gasteiger partial charge in [-0.15, -0.1) is 0 Å². The second kappa shape index (κ2) is 5.95. The van der Waals surface area contributed by atoms with Crippen LogP contribution in [0.25, 0.3) is 0 Å². The maximum Gasteiger partial charge on any atom is 0.129 e. The first kappa shape index (κ1) is 14.2. The minimum Gasteiger partial charge on any atom is -0.369 e. The highest BCUT2D eigenvalue weighted by atomic mass is 19.1. The Morgan fingerprint density at radius 3 is 2.81 bits per heavy atom. The van der Waals surface area contributed by atoms with Gasteiger partial charge in [-0.25, -0.2) is 9.37 Å². The van der Waals surface area contributed by atoms with E-state index in [-0.39, 0.29) is 11.9 Å². The van der Waals surface area contributed by atoms with Gasteiger partial charge in [0.1, 0.15) is 11.9 Å². The van der Waals surface area contributed by atoms with Crippen LogP contribution in [0.15, 0.2) is 24.7 Å². The zero-order chi connectivity index (χ0) is 14.8. The van der Waals surface area contributed by atoms with Gasteiger partial charge in [0.25, 0.3) is 0 Å². The van der Waals surface area contributed by atoms with Crippen LogP contribution >= 0.6 is 0 Å². The molecular formula is C16H20FN3O. The third kappa shape index (κ3) is 2.99. The number of hydrogen-bond acceptors (Lipinski definition) is 3. The standard InChI is InChI=1S/C16H20FN3O/c1-11-5-13(6-12(2)16(11)17)9-20-10-19-7-14(20)15-8-18-3-4-21-15/h5-7,10,15,18H,3-4,8-9H2,1-2H3. The van der Waals surface area contributed by atoms with Gasteiger partial charge in [-0.1, -0.05) is 12.1 Å². The molecule has 1 atom stereocenters. The van der Waals surface area contributed by atoms with Gasteiger partial charge < -0.3 is 14.6 Å². The van der Waals surface area contributed by atoms with Gasteiger partial charge in [-0.2, -0.15) is 0 Å². The average molecular weight is 289 g/mol. The lowest BCUT2D eigenvalue weighted by atomic mass is 10.1. The van der Waals surface area contributed by atoms with Crippen molar-refractivity contribution in [1.82, 2.24) is 14.9 Å². The first-order chi connectivity index (χ1) is 10.1. The fourth-order valence-corrected chi connectivity index (χ4v) is 2.81. The Balaban J connectivity index is 1.84. The van der Waals surface area contributed by atoms with Crippen LogP contribution in [0.5, 0.6) is 0 Å². The van der Waals surface area contributed by atoms with E-state index in [0.717, 1.165) is 24.3 Å². The van der Waals surface area contributed by atoms with Crippen LogP contribution in [0.1, 0.15) is 28.5 Å². The zero-order valence-electron chi connectivity index (χ0n) is 12.4. The van der Waals surface area contributed by atoms with Crippen LogP contribution in [-0.2, 0) is 11.3 Å². The third-order valence-electron chi connectivity index (χ3n) is 3.85. The van der Waals surface area contributed by atoms with Crippen molar-refractivity contribution in [3.8, 4) is 0 Å². The van der Waals surface area contributed by atoms with Gasteiger partial charge in [0.05, 0.1) is 24.8 Å². The molecule has 5 heteroatoms. The van der Waals surface area contributed by atoms with E-state index in [1.54, 1.807) is 20.2 Å². The molecule has 1 saturated heterocycles. The normalized spacial score (nSPS) is 18.9. The SMILES string of the molecule is Cc1cc(Cn2cncc2C2CNCCO2)cc(C)c1F. The Labute approximate surface area is 124 Å². The number of nitrogens with one attached hydrogen (secondary N) is 1. The van der Waals surface area contributed by atoms with Crippen LogP contribution < -0.4 is 5.32 Å². The van der Waals surface area contributed by atoms with Crippen molar-refractivity contribution in [3.63, 3.8) is 0 Å². The number of rotatable bonds is 3. The predicted molar refractivity (Wildman–Crippen MR) is 78.8 cm³/mol. The molecular weight excluding hydrogens is 269 g/mol. The fourth-order valence-electron chi connectivity index (χ4n) is 2.81. The van der Waals surface area contributed by atoms with E-state index in [9.17, 15) is 4.39 Å². The van der Waals surface area contributed by atoms with Crippen LogP contribution in [-0.4, -0.2) is 29.2 Å². The molecule has 1 N–H and O–H groups in total. The van der Waals surface area contributed by atoms with Crippen molar-refractivity contribution in [2.45, 2.75) is 26.5 Å². The number of ether oxygens (including phenoxy) is 1. The highest BCUT2D eigenvalue weighted by molar-refractivity contribution is 5.31. The first-order valence-electron chi connectivity index (χ1n) is 7.23. The van der Waals surface area contributed by atoms with Crippen LogP contribution in [0.4, 0.5) is 4.39 Å². The minimum absolute atomic E-state index is 0.0314. The van der Waals surface area contributed by atoms with Gasteiger partial charge >= 0.3 is 0 Å². The summed E-state index contributed by atoms with van der Waals surface area (Å²) in [5.74, 6) is -0.121. The summed E-state index contributed by atoms with van der Waals surface area (Å²) in [7, 11) is 0. The Kier molecular flexibility index (Phi) is 4.03. The van der Waals surface area contributed by atoms with Gasteiger partial charge in [-0.05, 0) is 30.5 Å². The zero-order valence-corrected chi connectivity index (χ0v) is 12.4. The lowest BCUT2D eigenvalue weighted by molar-refractivity contribution is 0.0230. The summed E-state index contributed by atoms with van der Waals surface area (Å²) in [6.07, 6.45) is 3.69. The molecule has 0 amide bonds. The molecule has 3 rings (SSSR count). The summed E-state index contributed by atoms with van der Waals surface area (Å²) in [6.45, 7) is 6.68. The van der Waals surface area contributed by atoms with E-state index in [1.165, 1.54) is 0 Å². The molecule has 2 aromatic rings. The van der Waals surface area contributed by atoms with Crippen molar-refractivity contribution in [2.24, 2.45) is 0 Å². The molecule has 1 unspecified atom stereocenters. The molecule has 0 radical (unpaired) electrons. The Hall–Kier alpha value is -1.72. The minimum atomic E-state index is -0.121. The second-order valence-corrected chi connectivity index (χ2v) is 5.55. The molecule has 112 valence electrons. The summed E-state index contributed by atoms with van der Waals surface area (Å²) >= 11 is 0. The molecule has 4 nitrogen and oxygen atoms in total. The van der Waals surface area contributed by atoms with Gasteiger partial charge in [-0.3, -0.25) is 0 Å². The largest absolute Gasteiger partial charge is 0.369 e. The summed E-state index contributed by atoms with van der Waals surface area (Å²) in [6, 6.07) is 3.79. The molecule has 1 aliphatic rings. The third-order valence-corrected chi connectivity index (χ3v) is 3.85. The molecule has 0 saturated carbocycles. The molecule has 0 spiro atoms. The number of hydrogen-bond donors (Lipinski definition) is 1. The molecule has 0 bridgehead atoms. The van der Waals surface area contributed by atoms with E-state index < -0.39 is 0 Å². The molecule has 1 aromatic carbocycles. The molecule has 21 heavy (non-hydrogen) atoms. The van der Waals surface area contributed by atoms with E-state index in [4.69, 9.17) is 4.74 Å². The molecule has 2 heterocycles. The molecule has 1 aliphatic heterocycles. The molecule has 1 fully saturated rings. The predicted octanol–water partition coefficient (Wildman–Crippen LogP) is 2.35.